The van der Waals surface area contributed by atoms with Crippen molar-refractivity contribution in [1.29, 1.82) is 0 Å². The maximum atomic E-state index is 12.5. The van der Waals surface area contributed by atoms with E-state index in [-0.39, 0.29) is 12.5 Å². The molecular weight excluding hydrogens is 308 g/mol. The molecule has 1 fully saturated rings. The Kier molecular flexibility index (Phi) is 5.03. The standard InChI is InChI=1S/C18H22N2O4/c1-13-5-4-8-20(10-13)18(21)16-11-24-17(19-16)12-23-15-7-3-6-14(9-15)22-2/h3,6-7,9,11,13H,4-5,8,10,12H2,1-2H3/t13-/m0/s1. The maximum absolute atomic E-state index is 12.5. The van der Waals surface area contributed by atoms with E-state index in [1.54, 1.807) is 13.2 Å². The van der Waals surface area contributed by atoms with Crippen LogP contribution in [0.5, 0.6) is 11.5 Å². The van der Waals surface area contributed by atoms with Crippen LogP contribution in [0.1, 0.15) is 36.1 Å². The minimum Gasteiger partial charge on any atom is -0.497 e. The number of methoxy groups -OCH3 is 1. The molecule has 2 aromatic rings. The van der Waals surface area contributed by atoms with Gasteiger partial charge in [0, 0.05) is 19.2 Å². The van der Waals surface area contributed by atoms with Crippen LogP contribution < -0.4 is 9.47 Å². The molecule has 24 heavy (non-hydrogen) atoms. The lowest BCUT2D eigenvalue weighted by molar-refractivity contribution is 0.0677. The average molecular weight is 330 g/mol. The minimum absolute atomic E-state index is 0.0714. The Labute approximate surface area is 141 Å². The SMILES string of the molecule is COc1cccc(OCc2nc(C(=O)N3CCC[C@H](C)C3)co2)c1. The predicted octanol–water partition coefficient (Wildman–Crippen LogP) is 3.13. The molecule has 1 aromatic heterocycles. The van der Waals surface area contributed by atoms with Crippen molar-refractivity contribution in [1.82, 2.24) is 9.88 Å². The molecule has 2 heterocycles. The van der Waals surface area contributed by atoms with Gasteiger partial charge in [-0.05, 0) is 30.9 Å². The smallest absolute Gasteiger partial charge is 0.275 e. The van der Waals surface area contributed by atoms with Gasteiger partial charge in [0.25, 0.3) is 5.91 Å². The predicted molar refractivity (Wildman–Crippen MR) is 88.1 cm³/mol. The number of hydrogen-bond donors (Lipinski definition) is 0. The number of amides is 1. The van der Waals surface area contributed by atoms with E-state index in [1.807, 2.05) is 23.1 Å². The number of carbonyl (C=O) groups is 1. The zero-order valence-electron chi connectivity index (χ0n) is 14.0. The highest BCUT2D eigenvalue weighted by Crippen LogP contribution is 2.21. The van der Waals surface area contributed by atoms with Crippen LogP contribution in [0.25, 0.3) is 0 Å². The second kappa shape index (κ2) is 7.38. The van der Waals surface area contributed by atoms with E-state index in [9.17, 15) is 4.79 Å². The first-order chi connectivity index (χ1) is 11.7. The largest absolute Gasteiger partial charge is 0.497 e. The summed E-state index contributed by atoms with van der Waals surface area (Å²) < 4.78 is 16.1. The van der Waals surface area contributed by atoms with Gasteiger partial charge in [-0.2, -0.15) is 0 Å². The third kappa shape index (κ3) is 3.88. The van der Waals surface area contributed by atoms with E-state index in [0.29, 0.717) is 23.3 Å². The first-order valence-corrected chi connectivity index (χ1v) is 8.16. The number of piperidine rings is 1. The third-order valence-electron chi connectivity index (χ3n) is 4.12. The Morgan fingerprint density at radius 3 is 3.04 bits per heavy atom. The van der Waals surface area contributed by atoms with Crippen LogP contribution in [-0.2, 0) is 6.61 Å². The van der Waals surface area contributed by atoms with Crippen molar-refractivity contribution in [3.05, 3.63) is 42.1 Å². The van der Waals surface area contributed by atoms with Crippen LogP contribution in [0.3, 0.4) is 0 Å². The van der Waals surface area contributed by atoms with Gasteiger partial charge in [0.05, 0.1) is 7.11 Å². The second-order valence-corrected chi connectivity index (χ2v) is 6.09. The Balaban J connectivity index is 1.59. The molecule has 3 rings (SSSR count). The van der Waals surface area contributed by atoms with Crippen molar-refractivity contribution in [2.24, 2.45) is 5.92 Å². The number of ether oxygens (including phenoxy) is 2. The summed E-state index contributed by atoms with van der Waals surface area (Å²) in [5.74, 6) is 2.22. The normalized spacial score (nSPS) is 17.6. The number of nitrogens with zero attached hydrogens (tertiary/aromatic N) is 2. The monoisotopic (exact) mass is 330 g/mol. The van der Waals surface area contributed by atoms with E-state index in [0.717, 1.165) is 25.3 Å². The Hall–Kier alpha value is -2.50. The quantitative estimate of drug-likeness (QED) is 0.843. The topological polar surface area (TPSA) is 64.8 Å². The number of rotatable bonds is 5. The summed E-state index contributed by atoms with van der Waals surface area (Å²) in [7, 11) is 1.60. The Bertz CT molecular complexity index is 698. The highest BCUT2D eigenvalue weighted by atomic mass is 16.5. The second-order valence-electron chi connectivity index (χ2n) is 6.09. The molecule has 1 atom stereocenters. The fraction of sp³-hybridized carbons (Fsp3) is 0.444. The van der Waals surface area contributed by atoms with Crippen molar-refractivity contribution < 1.29 is 18.7 Å². The molecule has 0 radical (unpaired) electrons. The lowest BCUT2D eigenvalue weighted by atomic mass is 10.0. The van der Waals surface area contributed by atoms with E-state index in [2.05, 4.69) is 11.9 Å². The third-order valence-corrected chi connectivity index (χ3v) is 4.12. The average Bonchev–Trinajstić information content (AvgIpc) is 3.08. The van der Waals surface area contributed by atoms with Crippen LogP contribution in [-0.4, -0.2) is 36.0 Å². The highest BCUT2D eigenvalue weighted by molar-refractivity contribution is 5.92. The fourth-order valence-corrected chi connectivity index (χ4v) is 2.85. The van der Waals surface area contributed by atoms with E-state index in [4.69, 9.17) is 13.9 Å². The Morgan fingerprint density at radius 2 is 2.25 bits per heavy atom. The van der Waals surface area contributed by atoms with Gasteiger partial charge >= 0.3 is 0 Å². The van der Waals surface area contributed by atoms with Crippen molar-refractivity contribution in [3.8, 4) is 11.5 Å². The molecule has 0 spiro atoms. The van der Waals surface area contributed by atoms with Crippen molar-refractivity contribution >= 4 is 5.91 Å². The summed E-state index contributed by atoms with van der Waals surface area (Å²) >= 11 is 0. The number of benzene rings is 1. The van der Waals surface area contributed by atoms with E-state index < -0.39 is 0 Å². The summed E-state index contributed by atoms with van der Waals surface area (Å²) in [6.07, 6.45) is 3.62. The van der Waals surface area contributed by atoms with Gasteiger partial charge in [-0.3, -0.25) is 4.79 Å². The summed E-state index contributed by atoms with van der Waals surface area (Å²) in [4.78, 5) is 18.6. The van der Waals surface area contributed by atoms with Gasteiger partial charge in [-0.1, -0.05) is 13.0 Å². The maximum Gasteiger partial charge on any atom is 0.275 e. The molecule has 1 aliphatic heterocycles. The first kappa shape index (κ1) is 16.4. The molecular formula is C18H22N2O4. The molecule has 6 heteroatoms. The molecule has 0 unspecified atom stereocenters. The number of aromatic nitrogens is 1. The molecule has 1 saturated heterocycles. The van der Waals surface area contributed by atoms with E-state index in [1.165, 1.54) is 12.7 Å². The van der Waals surface area contributed by atoms with Crippen molar-refractivity contribution in [2.45, 2.75) is 26.4 Å². The van der Waals surface area contributed by atoms with E-state index >= 15 is 0 Å². The number of likely N-dealkylation sites (tertiary alicyclic amines) is 1. The van der Waals surface area contributed by atoms with Gasteiger partial charge in [0.1, 0.15) is 17.8 Å². The lowest BCUT2D eigenvalue weighted by Crippen LogP contribution is -2.39. The van der Waals surface area contributed by atoms with Gasteiger partial charge in [0.2, 0.25) is 5.89 Å². The number of hydrogen-bond acceptors (Lipinski definition) is 5. The van der Waals surface area contributed by atoms with Gasteiger partial charge < -0.3 is 18.8 Å². The minimum atomic E-state index is -0.0714. The van der Waals surface area contributed by atoms with Crippen molar-refractivity contribution in [3.63, 3.8) is 0 Å². The molecule has 0 bridgehead atoms. The van der Waals surface area contributed by atoms with Crippen LogP contribution in [0.4, 0.5) is 0 Å². The van der Waals surface area contributed by atoms with Crippen LogP contribution in [0.2, 0.25) is 0 Å². The molecule has 1 amide bonds. The van der Waals surface area contributed by atoms with Gasteiger partial charge in [0.15, 0.2) is 12.3 Å². The molecule has 1 aromatic carbocycles. The lowest BCUT2D eigenvalue weighted by Gasteiger charge is -2.30. The Morgan fingerprint density at radius 1 is 1.42 bits per heavy atom. The molecule has 128 valence electrons. The van der Waals surface area contributed by atoms with Crippen LogP contribution in [0, 0.1) is 5.92 Å². The van der Waals surface area contributed by atoms with Crippen LogP contribution in [0.15, 0.2) is 34.9 Å². The molecule has 1 aliphatic rings. The zero-order chi connectivity index (χ0) is 16.9. The van der Waals surface area contributed by atoms with Gasteiger partial charge in [-0.15, -0.1) is 0 Å². The summed E-state index contributed by atoms with van der Waals surface area (Å²) in [5.41, 5.74) is 0.341. The van der Waals surface area contributed by atoms with Crippen molar-refractivity contribution in [2.75, 3.05) is 20.2 Å². The summed E-state index contributed by atoms with van der Waals surface area (Å²) in [6.45, 7) is 3.89. The molecule has 0 N–H and O–H groups in total. The summed E-state index contributed by atoms with van der Waals surface area (Å²) in [6, 6.07) is 7.29. The first-order valence-electron chi connectivity index (χ1n) is 8.16. The number of carbonyl (C=O) groups excluding carboxylic acids is 1. The molecule has 6 nitrogen and oxygen atoms in total. The van der Waals surface area contributed by atoms with Crippen LogP contribution >= 0.6 is 0 Å². The highest BCUT2D eigenvalue weighted by Gasteiger charge is 2.24. The molecule has 0 saturated carbocycles. The molecule has 0 aliphatic carbocycles. The fourth-order valence-electron chi connectivity index (χ4n) is 2.85. The van der Waals surface area contributed by atoms with Gasteiger partial charge in [-0.25, -0.2) is 4.98 Å². The number of oxazole rings is 1. The summed E-state index contributed by atoms with van der Waals surface area (Å²) in [5, 5.41) is 0. The zero-order valence-corrected chi connectivity index (χ0v) is 14.0.